The van der Waals surface area contributed by atoms with Gasteiger partial charge in [0.25, 0.3) is 0 Å². The van der Waals surface area contributed by atoms with Crippen LogP contribution in [0.2, 0.25) is 0 Å². The van der Waals surface area contributed by atoms with Gasteiger partial charge in [-0.15, -0.1) is 0 Å². The molecule has 0 aliphatic carbocycles. The Bertz CT molecular complexity index is 136. The Balaban J connectivity index is 0.000000396. The predicted octanol–water partition coefficient (Wildman–Crippen LogP) is 2.86. The van der Waals surface area contributed by atoms with E-state index in [1.165, 1.54) is 43.9 Å². The topological polar surface area (TPSA) is 3.24 Å². The van der Waals surface area contributed by atoms with Gasteiger partial charge in [0, 0.05) is 12.3 Å². The Morgan fingerprint density at radius 1 is 1.23 bits per heavy atom. The predicted molar refractivity (Wildman–Crippen MR) is 62.5 cm³/mol. The van der Waals surface area contributed by atoms with Crippen molar-refractivity contribution >= 4 is 11.8 Å². The Kier molecular flexibility index (Phi) is 4.60. The molecular formula is C11H23NS. The zero-order chi connectivity index (χ0) is 9.73. The first-order chi connectivity index (χ1) is 6.31. The summed E-state index contributed by atoms with van der Waals surface area (Å²) < 4.78 is 0. The van der Waals surface area contributed by atoms with Gasteiger partial charge in [-0.1, -0.05) is 13.8 Å². The van der Waals surface area contributed by atoms with Crippen LogP contribution in [0.15, 0.2) is 0 Å². The lowest BCUT2D eigenvalue weighted by Gasteiger charge is -2.32. The minimum absolute atomic E-state index is 0.734. The van der Waals surface area contributed by atoms with Crippen molar-refractivity contribution in [2.75, 3.05) is 31.6 Å². The summed E-state index contributed by atoms with van der Waals surface area (Å²) in [5.41, 5.74) is 0.734. The van der Waals surface area contributed by atoms with E-state index in [0.29, 0.717) is 0 Å². The van der Waals surface area contributed by atoms with Crippen LogP contribution in [-0.4, -0.2) is 36.5 Å². The van der Waals surface area contributed by atoms with E-state index in [1.807, 2.05) is 13.8 Å². The third-order valence-electron chi connectivity index (χ3n) is 3.03. The Morgan fingerprint density at radius 2 is 2.00 bits per heavy atom. The molecule has 1 nitrogen and oxygen atoms in total. The van der Waals surface area contributed by atoms with E-state index in [-0.39, 0.29) is 0 Å². The quantitative estimate of drug-likeness (QED) is 0.593. The van der Waals surface area contributed by atoms with Crippen LogP contribution < -0.4 is 0 Å². The average molecular weight is 201 g/mol. The highest BCUT2D eigenvalue weighted by molar-refractivity contribution is 7.99. The summed E-state index contributed by atoms with van der Waals surface area (Å²) in [4.78, 5) is 2.49. The van der Waals surface area contributed by atoms with Crippen molar-refractivity contribution in [1.29, 1.82) is 0 Å². The molecule has 2 rings (SSSR count). The lowest BCUT2D eigenvalue weighted by Crippen LogP contribution is -2.30. The molecule has 2 aliphatic rings. The second kappa shape index (κ2) is 5.26. The molecular weight excluding hydrogens is 178 g/mol. The Hall–Kier alpha value is 0.310. The summed E-state index contributed by atoms with van der Waals surface area (Å²) >= 11 is 2.17. The van der Waals surface area contributed by atoms with E-state index in [4.69, 9.17) is 0 Å². The Morgan fingerprint density at radius 3 is 2.46 bits per heavy atom. The minimum atomic E-state index is 0.734. The van der Waals surface area contributed by atoms with Gasteiger partial charge in [-0.05, 0) is 44.0 Å². The summed E-state index contributed by atoms with van der Waals surface area (Å²) in [5, 5.41) is 0. The number of rotatable bonds is 0. The monoisotopic (exact) mass is 201 g/mol. The van der Waals surface area contributed by atoms with Crippen molar-refractivity contribution in [1.82, 2.24) is 4.90 Å². The van der Waals surface area contributed by atoms with Crippen molar-refractivity contribution in [2.24, 2.45) is 5.41 Å². The lowest BCUT2D eigenvalue weighted by molar-refractivity contribution is 0.289. The molecule has 13 heavy (non-hydrogen) atoms. The molecule has 78 valence electrons. The molecule has 0 radical (unpaired) electrons. The number of thioether (sulfide) groups is 1. The molecule has 0 saturated carbocycles. The molecule has 2 heterocycles. The molecule has 2 aliphatic heterocycles. The van der Waals surface area contributed by atoms with E-state index in [1.54, 1.807) is 0 Å². The Labute approximate surface area is 87.3 Å². The fourth-order valence-electron chi connectivity index (χ4n) is 2.39. The van der Waals surface area contributed by atoms with Crippen LogP contribution in [0.3, 0.4) is 0 Å². The maximum absolute atomic E-state index is 2.49. The van der Waals surface area contributed by atoms with Gasteiger partial charge in [0.2, 0.25) is 0 Å². The van der Waals surface area contributed by atoms with Gasteiger partial charge in [-0.2, -0.15) is 11.8 Å². The van der Waals surface area contributed by atoms with Crippen LogP contribution in [0.4, 0.5) is 0 Å². The van der Waals surface area contributed by atoms with Crippen LogP contribution in [-0.2, 0) is 0 Å². The largest absolute Gasteiger partial charge is 0.306 e. The normalized spacial score (nSPS) is 34.4. The highest BCUT2D eigenvalue weighted by atomic mass is 32.2. The van der Waals surface area contributed by atoms with Gasteiger partial charge in [-0.25, -0.2) is 0 Å². The van der Waals surface area contributed by atoms with Gasteiger partial charge >= 0.3 is 0 Å². The maximum atomic E-state index is 2.49. The third kappa shape index (κ3) is 2.88. The first-order valence-corrected chi connectivity index (χ1v) is 6.73. The molecule has 1 spiro atoms. The molecule has 0 aromatic heterocycles. The van der Waals surface area contributed by atoms with Gasteiger partial charge in [0.1, 0.15) is 0 Å². The van der Waals surface area contributed by atoms with Crippen LogP contribution in [0, 0.1) is 5.41 Å². The molecule has 0 N–H and O–H groups in total. The van der Waals surface area contributed by atoms with Gasteiger partial charge in [-0.3, -0.25) is 0 Å². The minimum Gasteiger partial charge on any atom is -0.306 e. The van der Waals surface area contributed by atoms with E-state index >= 15 is 0 Å². The number of likely N-dealkylation sites (tertiary alicyclic amines) is 1. The van der Waals surface area contributed by atoms with Crippen LogP contribution in [0.25, 0.3) is 0 Å². The second-order valence-electron chi connectivity index (χ2n) is 4.14. The standard InChI is InChI=1S/C9H17NS.C2H6/c1-10-5-4-9(7-10)3-2-6-11-8-9;1-2/h2-8H2,1H3;1-2H3. The number of hydrogen-bond donors (Lipinski definition) is 0. The highest BCUT2D eigenvalue weighted by Crippen LogP contribution is 2.41. The SMILES string of the molecule is CC.CN1CCC2(CCCSC2)C1. The molecule has 2 heteroatoms. The van der Waals surface area contributed by atoms with Crippen molar-refractivity contribution in [3.05, 3.63) is 0 Å². The first-order valence-electron chi connectivity index (χ1n) is 5.57. The van der Waals surface area contributed by atoms with E-state index in [9.17, 15) is 0 Å². The van der Waals surface area contributed by atoms with Crippen molar-refractivity contribution < 1.29 is 0 Å². The molecule has 2 saturated heterocycles. The lowest BCUT2D eigenvalue weighted by atomic mass is 9.84. The molecule has 1 unspecified atom stereocenters. The van der Waals surface area contributed by atoms with Crippen molar-refractivity contribution in [3.63, 3.8) is 0 Å². The number of nitrogens with zero attached hydrogens (tertiary/aromatic N) is 1. The van der Waals surface area contributed by atoms with Gasteiger partial charge < -0.3 is 4.90 Å². The van der Waals surface area contributed by atoms with E-state index < -0.39 is 0 Å². The maximum Gasteiger partial charge on any atom is 0.00433 e. The summed E-state index contributed by atoms with van der Waals surface area (Å²) in [6.07, 6.45) is 4.40. The third-order valence-corrected chi connectivity index (χ3v) is 4.43. The van der Waals surface area contributed by atoms with Crippen molar-refractivity contribution in [3.8, 4) is 0 Å². The van der Waals surface area contributed by atoms with Crippen LogP contribution in [0.5, 0.6) is 0 Å². The summed E-state index contributed by atoms with van der Waals surface area (Å²) in [5.74, 6) is 2.84. The van der Waals surface area contributed by atoms with E-state index in [0.717, 1.165) is 5.41 Å². The molecule has 2 fully saturated rings. The highest BCUT2D eigenvalue weighted by Gasteiger charge is 2.37. The number of hydrogen-bond acceptors (Lipinski definition) is 2. The zero-order valence-electron chi connectivity index (χ0n) is 9.31. The molecule has 0 amide bonds. The van der Waals surface area contributed by atoms with Gasteiger partial charge in [0.15, 0.2) is 0 Å². The second-order valence-corrected chi connectivity index (χ2v) is 5.25. The molecule has 0 aromatic carbocycles. The molecule has 1 atom stereocenters. The zero-order valence-corrected chi connectivity index (χ0v) is 10.1. The fraction of sp³-hybridized carbons (Fsp3) is 1.00. The summed E-state index contributed by atoms with van der Waals surface area (Å²) in [6.45, 7) is 6.70. The smallest absolute Gasteiger partial charge is 0.00433 e. The fourth-order valence-corrected chi connectivity index (χ4v) is 3.70. The van der Waals surface area contributed by atoms with E-state index in [2.05, 4.69) is 23.7 Å². The summed E-state index contributed by atoms with van der Waals surface area (Å²) in [6, 6.07) is 0. The van der Waals surface area contributed by atoms with Crippen LogP contribution in [0.1, 0.15) is 33.1 Å². The van der Waals surface area contributed by atoms with Crippen molar-refractivity contribution in [2.45, 2.75) is 33.1 Å². The van der Waals surface area contributed by atoms with Gasteiger partial charge in [0.05, 0.1) is 0 Å². The van der Waals surface area contributed by atoms with Crippen LogP contribution >= 0.6 is 11.8 Å². The first kappa shape index (κ1) is 11.4. The summed E-state index contributed by atoms with van der Waals surface area (Å²) in [7, 11) is 2.26. The molecule has 0 aromatic rings. The molecule has 0 bridgehead atoms. The average Bonchev–Trinajstić information content (AvgIpc) is 2.52.